The van der Waals surface area contributed by atoms with Crippen LogP contribution in [-0.2, 0) is 32.6 Å². The quantitative estimate of drug-likeness (QED) is 0.128. The van der Waals surface area contributed by atoms with Gasteiger partial charge in [0, 0.05) is 19.4 Å². The van der Waals surface area contributed by atoms with Crippen molar-refractivity contribution in [2.75, 3.05) is 13.7 Å². The van der Waals surface area contributed by atoms with Gasteiger partial charge in [0.15, 0.2) is 25.7 Å². The first-order valence-corrected chi connectivity index (χ1v) is 24.9. The molecule has 0 N–H and O–H groups in total. The lowest BCUT2D eigenvalue weighted by atomic mass is 9.82. The number of ketones is 1. The topological polar surface area (TPSA) is 72.5 Å². The summed E-state index contributed by atoms with van der Waals surface area (Å²) in [4.78, 5) is 14.1. The highest BCUT2D eigenvalue weighted by Crippen LogP contribution is 2.44. The summed E-state index contributed by atoms with van der Waals surface area (Å²) < 4.78 is 39.7. The average molecular weight is 777 g/mol. The molecule has 7 nitrogen and oxygen atoms in total. The molecule has 298 valence electrons. The van der Waals surface area contributed by atoms with E-state index in [0.717, 1.165) is 24.8 Å². The van der Waals surface area contributed by atoms with Crippen LogP contribution in [0, 0.1) is 11.8 Å². The van der Waals surface area contributed by atoms with Crippen LogP contribution in [-0.4, -0.2) is 72.1 Å². The first-order valence-electron chi connectivity index (χ1n) is 20.1. The number of Topliss-reactive ketones (excluding diaryl/α,β-unsaturated/α-hetero) is 1. The standard InChI is InChI=1S/C45H68O7Si2/c1-32(41(46)33(2)40-30-45(52-44(9,10)49-40)27-26-35(31-48-45)50-53(12,13)42(3,4)5)28-34-24-25-38(39(29-34)47-11)51-54(43(6,7)8,36-20-16-14-17-21-36)37-22-18-15-19-23-37/h14-23,26-28,33-35,38-40H,24-25,29-31H2,1-13H3/b32-28+/t33-,34+,35-,38-,39-,40+,45+/m1/s1. The third-order valence-corrected chi connectivity index (χ3v) is 21.9. The van der Waals surface area contributed by atoms with Crippen LogP contribution in [0.4, 0.5) is 0 Å². The molecule has 0 radical (unpaired) electrons. The second kappa shape index (κ2) is 16.3. The fraction of sp³-hybridized carbons (Fsp3) is 0.622. The van der Waals surface area contributed by atoms with Gasteiger partial charge in [-0.3, -0.25) is 4.79 Å². The highest BCUT2D eigenvalue weighted by Gasteiger charge is 2.53. The first kappa shape index (κ1) is 42.9. The number of allylic oxidation sites excluding steroid dienone is 2. The van der Waals surface area contributed by atoms with Gasteiger partial charge in [-0.2, -0.15) is 0 Å². The minimum atomic E-state index is -2.75. The number of hydrogen-bond acceptors (Lipinski definition) is 7. The number of carbonyl (C=O) groups excluding carboxylic acids is 1. The molecule has 0 aromatic heterocycles. The first-order chi connectivity index (χ1) is 25.1. The van der Waals surface area contributed by atoms with Crippen LogP contribution in [0.2, 0.25) is 23.2 Å². The molecule has 5 rings (SSSR count). The summed E-state index contributed by atoms with van der Waals surface area (Å²) in [6.45, 7) is 26.3. The molecule has 0 amide bonds. The molecule has 1 saturated carbocycles. The Kier molecular flexibility index (Phi) is 13.0. The van der Waals surface area contributed by atoms with Crippen molar-refractivity contribution in [3.05, 3.63) is 84.5 Å². The van der Waals surface area contributed by atoms with Gasteiger partial charge < -0.3 is 27.8 Å². The van der Waals surface area contributed by atoms with Gasteiger partial charge in [0.2, 0.25) is 0 Å². The molecule has 0 unspecified atom stereocenters. The van der Waals surface area contributed by atoms with E-state index in [1.807, 2.05) is 33.8 Å². The van der Waals surface area contributed by atoms with Gasteiger partial charge in [-0.25, -0.2) is 0 Å². The lowest BCUT2D eigenvalue weighted by Gasteiger charge is -2.50. The third-order valence-electron chi connectivity index (χ3n) is 12.3. The number of benzene rings is 2. The molecule has 2 aromatic rings. The Morgan fingerprint density at radius 1 is 0.889 bits per heavy atom. The third kappa shape index (κ3) is 9.31. The molecular weight excluding hydrogens is 709 g/mol. The monoisotopic (exact) mass is 776 g/mol. The van der Waals surface area contributed by atoms with Crippen LogP contribution >= 0.6 is 0 Å². The lowest BCUT2D eigenvalue weighted by molar-refractivity contribution is -0.390. The fourth-order valence-corrected chi connectivity index (χ4v) is 14.4. The molecule has 3 aliphatic rings. The minimum absolute atomic E-state index is 0.0645. The number of ether oxygens (including phenoxy) is 4. The van der Waals surface area contributed by atoms with Crippen molar-refractivity contribution < 1.29 is 32.6 Å². The van der Waals surface area contributed by atoms with Gasteiger partial charge in [-0.1, -0.05) is 121 Å². The van der Waals surface area contributed by atoms with E-state index in [1.165, 1.54) is 10.4 Å². The highest BCUT2D eigenvalue weighted by atomic mass is 28.4. The van der Waals surface area contributed by atoms with Crippen molar-refractivity contribution >= 4 is 32.8 Å². The van der Waals surface area contributed by atoms with Crippen molar-refractivity contribution in [2.24, 2.45) is 11.8 Å². The van der Waals surface area contributed by atoms with E-state index in [9.17, 15) is 4.79 Å². The van der Waals surface area contributed by atoms with E-state index in [0.29, 0.717) is 13.0 Å². The van der Waals surface area contributed by atoms with Crippen molar-refractivity contribution in [1.82, 2.24) is 0 Å². The molecule has 2 aliphatic heterocycles. The van der Waals surface area contributed by atoms with Crippen molar-refractivity contribution in [1.29, 1.82) is 0 Å². The van der Waals surface area contributed by atoms with Gasteiger partial charge in [0.25, 0.3) is 8.32 Å². The van der Waals surface area contributed by atoms with E-state index in [-0.39, 0.29) is 52.1 Å². The molecule has 7 atom stereocenters. The van der Waals surface area contributed by atoms with Gasteiger partial charge in [0.05, 0.1) is 31.0 Å². The van der Waals surface area contributed by atoms with E-state index in [1.54, 1.807) is 7.11 Å². The smallest absolute Gasteiger partial charge is 0.261 e. The van der Waals surface area contributed by atoms with Gasteiger partial charge in [-0.05, 0) is 91.1 Å². The molecule has 1 saturated heterocycles. The van der Waals surface area contributed by atoms with Crippen LogP contribution in [0.15, 0.2) is 84.5 Å². The highest BCUT2D eigenvalue weighted by molar-refractivity contribution is 6.99. The van der Waals surface area contributed by atoms with Crippen LogP contribution in [0.3, 0.4) is 0 Å². The summed E-state index contributed by atoms with van der Waals surface area (Å²) in [7, 11) is -2.93. The van der Waals surface area contributed by atoms with Crippen LogP contribution < -0.4 is 10.4 Å². The van der Waals surface area contributed by atoms with E-state index < -0.39 is 28.2 Å². The van der Waals surface area contributed by atoms with Crippen molar-refractivity contribution in [2.45, 2.75) is 154 Å². The van der Waals surface area contributed by atoms with Crippen LogP contribution in [0.25, 0.3) is 0 Å². The second-order valence-corrected chi connectivity index (χ2v) is 27.9. The van der Waals surface area contributed by atoms with Crippen molar-refractivity contribution in [3.8, 4) is 0 Å². The Morgan fingerprint density at radius 3 is 1.98 bits per heavy atom. The minimum Gasteiger partial charge on any atom is -0.408 e. The molecule has 54 heavy (non-hydrogen) atoms. The molecule has 0 bridgehead atoms. The molecule has 9 heteroatoms. The second-order valence-electron chi connectivity index (χ2n) is 18.9. The zero-order chi connectivity index (χ0) is 39.7. The van der Waals surface area contributed by atoms with Gasteiger partial charge in [0.1, 0.15) is 0 Å². The Labute approximate surface area is 328 Å². The summed E-state index contributed by atoms with van der Waals surface area (Å²) in [5.41, 5.74) is 0.763. The van der Waals surface area contributed by atoms with Crippen molar-refractivity contribution in [3.63, 3.8) is 0 Å². The summed E-state index contributed by atoms with van der Waals surface area (Å²) in [6.07, 6.45) is 8.56. The number of carbonyl (C=O) groups is 1. The Balaban J connectivity index is 1.29. The molecule has 2 aromatic carbocycles. The zero-order valence-corrected chi connectivity index (χ0v) is 37.4. The predicted molar refractivity (Wildman–Crippen MR) is 223 cm³/mol. The SMILES string of the molecule is CO[C@@H]1C[C@H](/C=C(\C)C(=O)[C@H](C)[C@@H]2C[C@]3(C=C[C@@H](O[Si](C)(C)C(C)(C)C)CO3)OC(C)(C)O2)CC[C@H]1O[Si](c1ccccc1)(c1ccccc1)C(C)(C)C. The average Bonchev–Trinajstić information content (AvgIpc) is 3.10. The lowest BCUT2D eigenvalue weighted by Crippen LogP contribution is -2.68. The molecule has 2 fully saturated rings. The Morgan fingerprint density at radius 2 is 1.48 bits per heavy atom. The van der Waals surface area contributed by atoms with E-state index >= 15 is 0 Å². The zero-order valence-electron chi connectivity index (χ0n) is 35.4. The van der Waals surface area contributed by atoms with E-state index in [2.05, 4.69) is 127 Å². The summed E-state index contributed by atoms with van der Waals surface area (Å²) in [5, 5.41) is 2.51. The van der Waals surface area contributed by atoms with E-state index in [4.69, 9.17) is 27.8 Å². The maximum Gasteiger partial charge on any atom is 0.261 e. The summed E-state index contributed by atoms with van der Waals surface area (Å²) >= 11 is 0. The molecule has 1 aliphatic carbocycles. The number of hydrogen-bond donors (Lipinski definition) is 0. The molecule has 1 spiro atoms. The maximum atomic E-state index is 14.1. The predicted octanol–water partition coefficient (Wildman–Crippen LogP) is 9.11. The maximum absolute atomic E-state index is 14.1. The largest absolute Gasteiger partial charge is 0.408 e. The normalized spacial score (nSPS) is 28.9. The Hall–Kier alpha value is -2.22. The van der Waals surface area contributed by atoms with Crippen LogP contribution in [0.5, 0.6) is 0 Å². The van der Waals surface area contributed by atoms with Gasteiger partial charge in [-0.15, -0.1) is 0 Å². The molecular formula is C45H68O7Si2. The number of rotatable bonds is 11. The Bertz CT molecular complexity index is 1580. The molecule has 2 heterocycles. The number of methoxy groups -OCH3 is 1. The van der Waals surface area contributed by atoms with Gasteiger partial charge >= 0.3 is 0 Å². The summed E-state index contributed by atoms with van der Waals surface area (Å²) in [5.74, 6) is -1.99. The van der Waals surface area contributed by atoms with Crippen LogP contribution in [0.1, 0.15) is 94.9 Å². The summed E-state index contributed by atoms with van der Waals surface area (Å²) in [6, 6.07) is 21.6. The fourth-order valence-electron chi connectivity index (χ4n) is 8.40.